The molecule has 9 heteroatoms. The van der Waals surface area contributed by atoms with Crippen molar-refractivity contribution in [1.82, 2.24) is 15.2 Å². The molecule has 0 spiro atoms. The number of nitrogens with one attached hydrogen (secondary N) is 1. The van der Waals surface area contributed by atoms with Crippen molar-refractivity contribution in [2.75, 3.05) is 49.9 Å². The minimum absolute atomic E-state index is 0.173. The van der Waals surface area contributed by atoms with Crippen molar-refractivity contribution in [3.05, 3.63) is 54.1 Å². The van der Waals surface area contributed by atoms with Gasteiger partial charge in [-0.05, 0) is 30.2 Å². The van der Waals surface area contributed by atoms with Crippen LogP contribution in [0.2, 0.25) is 0 Å². The molecule has 2 heterocycles. The Hall–Kier alpha value is -2.49. The zero-order valence-electron chi connectivity index (χ0n) is 18.2. The number of aromatic nitrogens is 1. The number of thiazole rings is 1. The summed E-state index contributed by atoms with van der Waals surface area (Å²) in [5, 5.41) is 3.81. The van der Waals surface area contributed by atoms with Crippen molar-refractivity contribution in [2.24, 2.45) is 0 Å². The second-order valence-corrected chi connectivity index (χ2v) is 10.9. The van der Waals surface area contributed by atoms with E-state index in [0.717, 1.165) is 43.2 Å². The normalized spacial score (nSPS) is 15.2. The standard InChI is InChI=1S/C23H28N4O3S2/c1-2-18-7-6-10-20-22(18)25-23(31-20)27-15-13-26(14-16-27)12-11-24-21(28)17-32(29,30)19-8-4-3-5-9-19/h3-10H,2,11-17H2,1H3,(H,24,28). The number of sulfone groups is 1. The minimum atomic E-state index is -3.61. The highest BCUT2D eigenvalue weighted by Gasteiger charge is 2.21. The number of hydrogen-bond acceptors (Lipinski definition) is 7. The fraction of sp³-hybridized carbons (Fsp3) is 0.391. The highest BCUT2D eigenvalue weighted by molar-refractivity contribution is 7.92. The molecule has 0 radical (unpaired) electrons. The summed E-state index contributed by atoms with van der Waals surface area (Å²) in [4.78, 5) is 21.8. The number of amides is 1. The van der Waals surface area contributed by atoms with Gasteiger partial charge >= 0.3 is 0 Å². The Kier molecular flexibility index (Phi) is 7.07. The number of anilines is 1. The Balaban J connectivity index is 1.23. The quantitative estimate of drug-likeness (QED) is 0.543. The Morgan fingerprint density at radius 2 is 1.81 bits per heavy atom. The topological polar surface area (TPSA) is 82.6 Å². The molecule has 0 bridgehead atoms. The van der Waals surface area contributed by atoms with Gasteiger partial charge in [0, 0.05) is 39.3 Å². The lowest BCUT2D eigenvalue weighted by atomic mass is 10.1. The Labute approximate surface area is 193 Å². The summed E-state index contributed by atoms with van der Waals surface area (Å²) in [5.41, 5.74) is 2.40. The molecule has 4 rings (SSSR count). The second kappa shape index (κ2) is 9.97. The van der Waals surface area contributed by atoms with Gasteiger partial charge in [0.05, 0.1) is 15.1 Å². The smallest absolute Gasteiger partial charge is 0.235 e. The lowest BCUT2D eigenvalue weighted by molar-refractivity contribution is -0.118. The zero-order chi connectivity index (χ0) is 22.6. The maximum Gasteiger partial charge on any atom is 0.235 e. The number of carbonyl (C=O) groups excluding carboxylic acids is 1. The van der Waals surface area contributed by atoms with Gasteiger partial charge in [-0.1, -0.05) is 48.6 Å². The van der Waals surface area contributed by atoms with E-state index in [9.17, 15) is 13.2 Å². The van der Waals surface area contributed by atoms with Gasteiger partial charge in [0.1, 0.15) is 5.75 Å². The van der Waals surface area contributed by atoms with Gasteiger partial charge in [-0.25, -0.2) is 13.4 Å². The Morgan fingerprint density at radius 1 is 1.06 bits per heavy atom. The van der Waals surface area contributed by atoms with Crippen LogP contribution in [0.5, 0.6) is 0 Å². The predicted octanol–water partition coefficient (Wildman–Crippen LogP) is 2.57. The molecule has 3 aromatic rings. The molecule has 1 N–H and O–H groups in total. The van der Waals surface area contributed by atoms with E-state index in [0.29, 0.717) is 13.1 Å². The summed E-state index contributed by atoms with van der Waals surface area (Å²) in [6, 6.07) is 14.4. The molecular formula is C23H28N4O3S2. The van der Waals surface area contributed by atoms with Gasteiger partial charge in [0.2, 0.25) is 5.91 Å². The summed E-state index contributed by atoms with van der Waals surface area (Å²) in [7, 11) is -3.61. The fourth-order valence-electron chi connectivity index (χ4n) is 3.87. The van der Waals surface area contributed by atoms with E-state index < -0.39 is 21.5 Å². The molecular weight excluding hydrogens is 444 g/mol. The lowest BCUT2D eigenvalue weighted by Gasteiger charge is -2.34. The number of nitrogens with zero attached hydrogens (tertiary/aromatic N) is 3. The number of rotatable bonds is 8. The molecule has 7 nitrogen and oxygen atoms in total. The van der Waals surface area contributed by atoms with Crippen LogP contribution in [-0.2, 0) is 21.1 Å². The lowest BCUT2D eigenvalue weighted by Crippen LogP contribution is -2.48. The first-order chi connectivity index (χ1) is 15.5. The number of carbonyl (C=O) groups is 1. The van der Waals surface area contributed by atoms with Crippen molar-refractivity contribution in [1.29, 1.82) is 0 Å². The molecule has 1 aliphatic heterocycles. The number of aryl methyl sites for hydroxylation is 1. The van der Waals surface area contributed by atoms with Crippen molar-refractivity contribution in [2.45, 2.75) is 18.2 Å². The van der Waals surface area contributed by atoms with E-state index in [-0.39, 0.29) is 4.90 Å². The average molecular weight is 473 g/mol. The molecule has 32 heavy (non-hydrogen) atoms. The van der Waals surface area contributed by atoms with Gasteiger partial charge in [0.15, 0.2) is 15.0 Å². The maximum atomic E-state index is 12.3. The Morgan fingerprint density at radius 3 is 2.53 bits per heavy atom. The first kappa shape index (κ1) is 22.7. The van der Waals surface area contributed by atoms with Crippen molar-refractivity contribution < 1.29 is 13.2 Å². The molecule has 170 valence electrons. The summed E-state index contributed by atoms with van der Waals surface area (Å²) in [6.07, 6.45) is 0.979. The summed E-state index contributed by atoms with van der Waals surface area (Å²) in [6.45, 7) is 6.83. The van der Waals surface area contributed by atoms with Crippen molar-refractivity contribution in [3.8, 4) is 0 Å². The highest BCUT2D eigenvalue weighted by atomic mass is 32.2. The number of piperazine rings is 1. The summed E-state index contributed by atoms with van der Waals surface area (Å²) < 4.78 is 25.8. The van der Waals surface area contributed by atoms with Crippen molar-refractivity contribution >= 4 is 42.4 Å². The highest BCUT2D eigenvalue weighted by Crippen LogP contribution is 2.31. The van der Waals surface area contributed by atoms with Gasteiger partial charge in [-0.3, -0.25) is 9.69 Å². The molecule has 1 fully saturated rings. The van der Waals surface area contributed by atoms with Gasteiger partial charge in [-0.2, -0.15) is 0 Å². The minimum Gasteiger partial charge on any atom is -0.354 e. The molecule has 0 atom stereocenters. The van der Waals surface area contributed by atoms with Crippen LogP contribution in [0, 0.1) is 0 Å². The van der Waals surface area contributed by atoms with Crippen LogP contribution in [0.25, 0.3) is 10.2 Å². The molecule has 2 aromatic carbocycles. The van der Waals surface area contributed by atoms with E-state index in [1.54, 1.807) is 29.5 Å². The van der Waals surface area contributed by atoms with Crippen molar-refractivity contribution in [3.63, 3.8) is 0 Å². The van der Waals surface area contributed by atoms with E-state index in [4.69, 9.17) is 4.98 Å². The summed E-state index contributed by atoms with van der Waals surface area (Å²) >= 11 is 1.74. The zero-order valence-corrected chi connectivity index (χ0v) is 19.8. The first-order valence-corrected chi connectivity index (χ1v) is 13.3. The largest absolute Gasteiger partial charge is 0.354 e. The predicted molar refractivity (Wildman–Crippen MR) is 129 cm³/mol. The van der Waals surface area contributed by atoms with Crippen LogP contribution in [0.1, 0.15) is 12.5 Å². The van der Waals surface area contributed by atoms with E-state index in [2.05, 4.69) is 40.2 Å². The SMILES string of the molecule is CCc1cccc2sc(N3CCN(CCNC(=O)CS(=O)(=O)c4ccccc4)CC3)nc12. The summed E-state index contributed by atoms with van der Waals surface area (Å²) in [5.74, 6) is -0.990. The maximum absolute atomic E-state index is 12.3. The number of benzene rings is 2. The third kappa shape index (κ3) is 5.28. The van der Waals surface area contributed by atoms with Crippen LogP contribution in [0.4, 0.5) is 5.13 Å². The average Bonchev–Trinajstić information content (AvgIpc) is 3.24. The second-order valence-electron chi connectivity index (χ2n) is 7.86. The molecule has 0 aliphatic carbocycles. The Bertz CT molecular complexity index is 1170. The first-order valence-electron chi connectivity index (χ1n) is 10.9. The monoisotopic (exact) mass is 472 g/mol. The fourth-order valence-corrected chi connectivity index (χ4v) is 6.12. The third-order valence-electron chi connectivity index (χ3n) is 5.69. The van der Waals surface area contributed by atoms with Crippen LogP contribution >= 0.6 is 11.3 Å². The van der Waals surface area contributed by atoms with Crippen LogP contribution in [0.3, 0.4) is 0 Å². The van der Waals surface area contributed by atoms with Crippen LogP contribution in [0.15, 0.2) is 53.4 Å². The van der Waals surface area contributed by atoms with E-state index >= 15 is 0 Å². The molecule has 0 unspecified atom stereocenters. The van der Waals surface area contributed by atoms with Crippen LogP contribution < -0.4 is 10.2 Å². The number of para-hydroxylation sites is 1. The number of fused-ring (bicyclic) bond motifs is 1. The van der Waals surface area contributed by atoms with E-state index in [1.807, 2.05) is 0 Å². The molecule has 1 aliphatic rings. The van der Waals surface area contributed by atoms with Gasteiger partial charge in [0.25, 0.3) is 0 Å². The van der Waals surface area contributed by atoms with Gasteiger partial charge in [-0.15, -0.1) is 0 Å². The molecule has 1 saturated heterocycles. The van der Waals surface area contributed by atoms with Gasteiger partial charge < -0.3 is 10.2 Å². The number of hydrogen-bond donors (Lipinski definition) is 1. The third-order valence-corrected chi connectivity index (χ3v) is 8.40. The van der Waals surface area contributed by atoms with E-state index in [1.165, 1.54) is 22.4 Å². The molecule has 1 aromatic heterocycles. The molecule has 0 saturated carbocycles. The van der Waals surface area contributed by atoms with Crippen LogP contribution in [-0.4, -0.2) is 69.2 Å². The molecule has 1 amide bonds.